The molecular weight excluding hydrogens is 248 g/mol. The Hall–Kier alpha value is -1.30. The molecule has 0 radical (unpaired) electrons. The lowest BCUT2D eigenvalue weighted by molar-refractivity contribution is -0.129. The van der Waals surface area contributed by atoms with E-state index in [9.17, 15) is 4.79 Å². The van der Waals surface area contributed by atoms with Crippen molar-refractivity contribution in [2.24, 2.45) is 5.92 Å². The highest BCUT2D eigenvalue weighted by molar-refractivity contribution is 8.00. The summed E-state index contributed by atoms with van der Waals surface area (Å²) >= 11 is 1.36. The molecule has 1 aliphatic rings. The highest BCUT2D eigenvalue weighted by Crippen LogP contribution is 2.22. The molecule has 1 amide bonds. The Kier molecular flexibility index (Phi) is 4.41. The van der Waals surface area contributed by atoms with Crippen LogP contribution in [0.4, 0.5) is 5.82 Å². The Balaban J connectivity index is 1.83. The zero-order valence-corrected chi connectivity index (χ0v) is 11.3. The van der Waals surface area contributed by atoms with E-state index in [2.05, 4.69) is 16.9 Å². The summed E-state index contributed by atoms with van der Waals surface area (Å²) in [4.78, 5) is 22.0. The summed E-state index contributed by atoms with van der Waals surface area (Å²) in [5.74, 6) is 1.67. The molecule has 0 spiro atoms. The number of nitrogens with zero attached hydrogens (tertiary/aromatic N) is 3. The Morgan fingerprint density at radius 2 is 2.11 bits per heavy atom. The molecule has 6 heteroatoms. The minimum Gasteiger partial charge on any atom is -0.381 e. The van der Waals surface area contributed by atoms with Crippen molar-refractivity contribution >= 4 is 23.5 Å². The summed E-state index contributed by atoms with van der Waals surface area (Å²) in [7, 11) is 0. The molecule has 0 aromatic carbocycles. The molecule has 0 saturated carbocycles. The molecule has 1 saturated heterocycles. The van der Waals surface area contributed by atoms with E-state index in [1.165, 1.54) is 11.8 Å². The topological polar surface area (TPSA) is 72.1 Å². The molecule has 0 unspecified atom stereocenters. The van der Waals surface area contributed by atoms with Gasteiger partial charge >= 0.3 is 0 Å². The first-order chi connectivity index (χ1) is 8.66. The number of anilines is 1. The zero-order valence-electron chi connectivity index (χ0n) is 10.5. The Bertz CT molecular complexity index is 418. The molecule has 2 N–H and O–H groups in total. The van der Waals surface area contributed by atoms with Gasteiger partial charge in [0.1, 0.15) is 5.03 Å². The lowest BCUT2D eigenvalue weighted by Gasteiger charge is -2.30. The van der Waals surface area contributed by atoms with Gasteiger partial charge in [0.05, 0.1) is 5.75 Å². The van der Waals surface area contributed by atoms with Crippen LogP contribution in [-0.2, 0) is 4.79 Å². The number of thioether (sulfide) groups is 1. The fraction of sp³-hybridized carbons (Fsp3) is 0.583. The van der Waals surface area contributed by atoms with Crippen molar-refractivity contribution in [2.75, 3.05) is 24.6 Å². The number of carbonyl (C=O) groups excluding carboxylic acids is 1. The van der Waals surface area contributed by atoms with Crippen molar-refractivity contribution in [3.63, 3.8) is 0 Å². The lowest BCUT2D eigenvalue weighted by atomic mass is 9.99. The summed E-state index contributed by atoms with van der Waals surface area (Å²) in [6.45, 7) is 3.98. The van der Waals surface area contributed by atoms with Crippen LogP contribution < -0.4 is 5.73 Å². The number of nitrogen functional groups attached to an aromatic ring is 1. The highest BCUT2D eigenvalue weighted by atomic mass is 32.2. The third-order valence-electron chi connectivity index (χ3n) is 3.16. The number of rotatable bonds is 3. The Labute approximate surface area is 111 Å². The van der Waals surface area contributed by atoms with Crippen LogP contribution in [0.2, 0.25) is 0 Å². The number of nitrogens with two attached hydrogens (primary N) is 1. The maximum Gasteiger partial charge on any atom is 0.232 e. The van der Waals surface area contributed by atoms with Crippen LogP contribution in [0, 0.1) is 5.92 Å². The van der Waals surface area contributed by atoms with Crippen LogP contribution in [0.1, 0.15) is 19.8 Å². The van der Waals surface area contributed by atoms with Crippen molar-refractivity contribution in [1.29, 1.82) is 0 Å². The minimum absolute atomic E-state index is 0.164. The van der Waals surface area contributed by atoms with E-state index in [0.717, 1.165) is 31.8 Å². The standard InChI is InChI=1S/C12H18N4OS/c1-9-2-6-16(7-3-9)10(17)8-18-12-11(13)14-4-5-15-12/h4-5,9H,2-3,6-8H2,1H3,(H2,13,14). The smallest absolute Gasteiger partial charge is 0.232 e. The van der Waals surface area contributed by atoms with E-state index in [0.29, 0.717) is 16.6 Å². The van der Waals surface area contributed by atoms with Crippen molar-refractivity contribution in [3.05, 3.63) is 12.4 Å². The first-order valence-corrected chi connectivity index (χ1v) is 7.12. The molecular formula is C12H18N4OS. The number of likely N-dealkylation sites (tertiary alicyclic amines) is 1. The average Bonchev–Trinajstić information content (AvgIpc) is 2.38. The maximum atomic E-state index is 12.0. The molecule has 0 atom stereocenters. The molecule has 1 aromatic heterocycles. The summed E-state index contributed by atoms with van der Waals surface area (Å²) in [5.41, 5.74) is 5.68. The molecule has 0 bridgehead atoms. The van der Waals surface area contributed by atoms with Crippen LogP contribution in [0.5, 0.6) is 0 Å². The minimum atomic E-state index is 0.164. The monoisotopic (exact) mass is 266 g/mol. The van der Waals surface area contributed by atoms with Gasteiger partial charge < -0.3 is 10.6 Å². The molecule has 98 valence electrons. The van der Waals surface area contributed by atoms with Crippen LogP contribution in [0.3, 0.4) is 0 Å². The van der Waals surface area contributed by atoms with Crippen LogP contribution in [-0.4, -0.2) is 39.6 Å². The van der Waals surface area contributed by atoms with Gasteiger partial charge in [-0.25, -0.2) is 9.97 Å². The fourth-order valence-electron chi connectivity index (χ4n) is 1.93. The van der Waals surface area contributed by atoms with Gasteiger partial charge in [-0.15, -0.1) is 0 Å². The van der Waals surface area contributed by atoms with E-state index >= 15 is 0 Å². The largest absolute Gasteiger partial charge is 0.381 e. The second-order valence-corrected chi connectivity index (χ2v) is 5.56. The predicted octanol–water partition coefficient (Wildman–Crippen LogP) is 1.41. The first kappa shape index (κ1) is 13.1. The summed E-state index contributed by atoms with van der Waals surface area (Å²) in [6.07, 6.45) is 5.34. The van der Waals surface area contributed by atoms with Gasteiger partial charge in [-0.3, -0.25) is 4.79 Å². The summed E-state index contributed by atoms with van der Waals surface area (Å²) < 4.78 is 0. The van der Waals surface area contributed by atoms with Crippen molar-refractivity contribution < 1.29 is 4.79 Å². The molecule has 0 aliphatic carbocycles. The first-order valence-electron chi connectivity index (χ1n) is 6.14. The third-order valence-corrected chi connectivity index (χ3v) is 4.14. The number of aromatic nitrogens is 2. The third kappa shape index (κ3) is 3.35. The molecule has 1 aliphatic heterocycles. The van der Waals surface area contributed by atoms with E-state index < -0.39 is 0 Å². The van der Waals surface area contributed by atoms with Crippen molar-refractivity contribution in [1.82, 2.24) is 14.9 Å². The van der Waals surface area contributed by atoms with Gasteiger partial charge in [-0.1, -0.05) is 18.7 Å². The number of amides is 1. The van der Waals surface area contributed by atoms with E-state index in [4.69, 9.17) is 5.73 Å². The molecule has 5 nitrogen and oxygen atoms in total. The second kappa shape index (κ2) is 6.04. The van der Waals surface area contributed by atoms with Gasteiger partial charge in [-0.05, 0) is 18.8 Å². The fourth-order valence-corrected chi connectivity index (χ4v) is 2.71. The normalized spacial score (nSPS) is 16.8. The van der Waals surface area contributed by atoms with E-state index in [1.807, 2.05) is 4.90 Å². The Morgan fingerprint density at radius 1 is 1.44 bits per heavy atom. The van der Waals surface area contributed by atoms with Crippen LogP contribution in [0.15, 0.2) is 17.4 Å². The number of carbonyl (C=O) groups is 1. The molecule has 2 rings (SSSR count). The van der Waals surface area contributed by atoms with Gasteiger partial charge in [0, 0.05) is 25.5 Å². The molecule has 1 aromatic rings. The van der Waals surface area contributed by atoms with E-state index in [-0.39, 0.29) is 5.91 Å². The SMILES string of the molecule is CC1CCN(C(=O)CSc2nccnc2N)CC1. The highest BCUT2D eigenvalue weighted by Gasteiger charge is 2.20. The number of hydrogen-bond donors (Lipinski definition) is 1. The lowest BCUT2D eigenvalue weighted by Crippen LogP contribution is -2.38. The zero-order chi connectivity index (χ0) is 13.0. The maximum absolute atomic E-state index is 12.0. The Morgan fingerprint density at radius 3 is 2.78 bits per heavy atom. The molecule has 1 fully saturated rings. The quantitative estimate of drug-likeness (QED) is 0.837. The molecule has 18 heavy (non-hydrogen) atoms. The van der Waals surface area contributed by atoms with Crippen LogP contribution >= 0.6 is 11.8 Å². The molecule has 2 heterocycles. The average molecular weight is 266 g/mol. The van der Waals surface area contributed by atoms with Crippen molar-refractivity contribution in [3.8, 4) is 0 Å². The number of hydrogen-bond acceptors (Lipinski definition) is 5. The summed E-state index contributed by atoms with van der Waals surface area (Å²) in [6, 6.07) is 0. The predicted molar refractivity (Wildman–Crippen MR) is 72.1 cm³/mol. The van der Waals surface area contributed by atoms with Gasteiger partial charge in [0.2, 0.25) is 5.91 Å². The van der Waals surface area contributed by atoms with Gasteiger partial charge in [0.25, 0.3) is 0 Å². The van der Waals surface area contributed by atoms with Crippen molar-refractivity contribution in [2.45, 2.75) is 24.8 Å². The second-order valence-electron chi connectivity index (χ2n) is 4.60. The number of piperidine rings is 1. The van der Waals surface area contributed by atoms with Crippen LogP contribution in [0.25, 0.3) is 0 Å². The summed E-state index contributed by atoms with van der Waals surface area (Å²) in [5, 5.41) is 0.635. The van der Waals surface area contributed by atoms with Gasteiger partial charge in [0.15, 0.2) is 5.82 Å². The van der Waals surface area contributed by atoms with E-state index in [1.54, 1.807) is 12.4 Å². The van der Waals surface area contributed by atoms with Gasteiger partial charge in [-0.2, -0.15) is 0 Å².